The predicted octanol–water partition coefficient (Wildman–Crippen LogP) is 1.84. The van der Waals surface area contributed by atoms with Crippen molar-refractivity contribution in [2.45, 2.75) is 27.3 Å². The first-order valence-electron chi connectivity index (χ1n) is 5.71. The summed E-state index contributed by atoms with van der Waals surface area (Å²) in [6.45, 7) is 9.99. The Morgan fingerprint density at radius 2 is 2.06 bits per heavy atom. The molecule has 0 radical (unpaired) electrons. The summed E-state index contributed by atoms with van der Waals surface area (Å²) in [5, 5.41) is 8.92. The second-order valence-corrected chi connectivity index (χ2v) is 3.84. The van der Waals surface area contributed by atoms with Gasteiger partial charge in [-0.15, -0.1) is 0 Å². The van der Waals surface area contributed by atoms with E-state index in [1.807, 2.05) is 17.7 Å². The molecular formula is C12H20N2O2. The molecule has 90 valence electrons. The molecule has 1 rings (SSSR count). The first-order chi connectivity index (χ1) is 7.60. The van der Waals surface area contributed by atoms with E-state index in [9.17, 15) is 4.79 Å². The van der Waals surface area contributed by atoms with Gasteiger partial charge in [0.25, 0.3) is 0 Å². The second kappa shape index (κ2) is 5.70. The van der Waals surface area contributed by atoms with E-state index < -0.39 is 5.97 Å². The maximum Gasteiger partial charge on any atom is 0.337 e. The van der Waals surface area contributed by atoms with Crippen LogP contribution in [0.15, 0.2) is 12.3 Å². The van der Waals surface area contributed by atoms with Crippen LogP contribution >= 0.6 is 0 Å². The fourth-order valence-corrected chi connectivity index (χ4v) is 1.81. The quantitative estimate of drug-likeness (QED) is 0.802. The maximum atomic E-state index is 10.9. The van der Waals surface area contributed by atoms with Crippen molar-refractivity contribution < 1.29 is 9.90 Å². The van der Waals surface area contributed by atoms with Crippen LogP contribution in [-0.4, -0.2) is 40.2 Å². The highest BCUT2D eigenvalue weighted by Crippen LogP contribution is 2.09. The fourth-order valence-electron chi connectivity index (χ4n) is 1.81. The van der Waals surface area contributed by atoms with E-state index in [4.69, 9.17) is 5.11 Å². The Labute approximate surface area is 96.5 Å². The lowest BCUT2D eigenvalue weighted by molar-refractivity contribution is 0.0696. The topological polar surface area (TPSA) is 45.5 Å². The highest BCUT2D eigenvalue weighted by atomic mass is 16.4. The summed E-state index contributed by atoms with van der Waals surface area (Å²) < 4.78 is 2.00. The summed E-state index contributed by atoms with van der Waals surface area (Å²) in [6.07, 6.45) is 1.85. The van der Waals surface area contributed by atoms with Crippen LogP contribution in [0.2, 0.25) is 0 Å². The summed E-state index contributed by atoms with van der Waals surface area (Å²) in [7, 11) is 0. The van der Waals surface area contributed by atoms with Crippen LogP contribution < -0.4 is 0 Å². The van der Waals surface area contributed by atoms with Crippen LogP contribution in [0.25, 0.3) is 0 Å². The number of likely N-dealkylation sites (N-methyl/N-ethyl adjacent to an activating group) is 1. The zero-order valence-electron chi connectivity index (χ0n) is 10.2. The van der Waals surface area contributed by atoms with E-state index in [1.54, 1.807) is 6.07 Å². The Morgan fingerprint density at radius 1 is 1.44 bits per heavy atom. The van der Waals surface area contributed by atoms with Gasteiger partial charge >= 0.3 is 5.97 Å². The number of carboxylic acid groups (broad SMARTS) is 1. The van der Waals surface area contributed by atoms with E-state index in [1.165, 1.54) is 0 Å². The Kier molecular flexibility index (Phi) is 4.55. The third-order valence-corrected chi connectivity index (χ3v) is 3.02. The van der Waals surface area contributed by atoms with Gasteiger partial charge in [0.05, 0.1) is 5.56 Å². The molecular weight excluding hydrogens is 204 g/mol. The van der Waals surface area contributed by atoms with Crippen molar-refractivity contribution in [1.82, 2.24) is 9.47 Å². The molecule has 1 heterocycles. The molecule has 0 atom stereocenters. The van der Waals surface area contributed by atoms with Gasteiger partial charge in [0, 0.05) is 25.0 Å². The van der Waals surface area contributed by atoms with Gasteiger partial charge in [-0.05, 0) is 26.1 Å². The highest BCUT2D eigenvalue weighted by Gasteiger charge is 2.11. The van der Waals surface area contributed by atoms with Gasteiger partial charge in [0.2, 0.25) is 0 Å². The van der Waals surface area contributed by atoms with E-state index in [-0.39, 0.29) is 0 Å². The Morgan fingerprint density at radius 3 is 2.50 bits per heavy atom. The molecule has 4 heteroatoms. The summed E-state index contributed by atoms with van der Waals surface area (Å²) in [5.41, 5.74) is 1.24. The van der Waals surface area contributed by atoms with Gasteiger partial charge in [0.1, 0.15) is 0 Å². The van der Waals surface area contributed by atoms with Crippen molar-refractivity contribution in [1.29, 1.82) is 0 Å². The third kappa shape index (κ3) is 2.85. The van der Waals surface area contributed by atoms with E-state index in [2.05, 4.69) is 18.7 Å². The molecule has 0 aromatic carbocycles. The van der Waals surface area contributed by atoms with E-state index in [0.29, 0.717) is 5.56 Å². The molecule has 1 aromatic rings. The summed E-state index contributed by atoms with van der Waals surface area (Å²) in [5.74, 6) is -0.848. The van der Waals surface area contributed by atoms with Gasteiger partial charge < -0.3 is 14.6 Å². The summed E-state index contributed by atoms with van der Waals surface area (Å²) >= 11 is 0. The van der Waals surface area contributed by atoms with Crippen LogP contribution in [0.4, 0.5) is 0 Å². The van der Waals surface area contributed by atoms with Crippen molar-refractivity contribution in [2.75, 3.05) is 19.6 Å². The average Bonchev–Trinajstić information content (AvgIpc) is 2.62. The van der Waals surface area contributed by atoms with E-state index >= 15 is 0 Å². The maximum absolute atomic E-state index is 10.9. The Bertz CT molecular complexity index is 354. The third-order valence-electron chi connectivity index (χ3n) is 3.02. The number of rotatable bonds is 6. The minimum absolute atomic E-state index is 0.402. The number of aromatic carboxylic acids is 1. The lowest BCUT2D eigenvalue weighted by atomic mass is 10.2. The van der Waals surface area contributed by atoms with Gasteiger partial charge in [0.15, 0.2) is 0 Å². The monoisotopic (exact) mass is 224 g/mol. The van der Waals surface area contributed by atoms with Crippen LogP contribution in [-0.2, 0) is 6.54 Å². The largest absolute Gasteiger partial charge is 0.478 e. The minimum Gasteiger partial charge on any atom is -0.478 e. The Balaban J connectivity index is 2.64. The lowest BCUT2D eigenvalue weighted by Crippen LogP contribution is -2.27. The normalized spacial score (nSPS) is 11.0. The number of carboxylic acids is 1. The molecule has 1 aromatic heterocycles. The molecule has 0 aliphatic carbocycles. The van der Waals surface area contributed by atoms with Gasteiger partial charge in [-0.25, -0.2) is 4.79 Å². The summed E-state index contributed by atoms with van der Waals surface area (Å²) in [6, 6.07) is 1.67. The number of hydrogen-bond donors (Lipinski definition) is 1. The molecule has 0 bridgehead atoms. The molecule has 0 aliphatic rings. The Hall–Kier alpha value is -1.29. The molecule has 1 N–H and O–H groups in total. The molecule has 0 fully saturated rings. The molecule has 0 amide bonds. The first-order valence-corrected chi connectivity index (χ1v) is 5.71. The van der Waals surface area contributed by atoms with Gasteiger partial charge in [-0.2, -0.15) is 0 Å². The molecule has 0 aliphatic heterocycles. The number of hydrogen-bond acceptors (Lipinski definition) is 2. The molecule has 4 nitrogen and oxygen atoms in total. The van der Waals surface area contributed by atoms with E-state index in [0.717, 1.165) is 31.9 Å². The van der Waals surface area contributed by atoms with Gasteiger partial charge in [-0.3, -0.25) is 0 Å². The zero-order chi connectivity index (χ0) is 12.1. The standard InChI is InChI=1S/C12H20N2O2/c1-4-13(5-2)8-9-14-7-6-11(10(14)3)12(15)16/h6-7H,4-5,8-9H2,1-3H3,(H,15,16). The molecule has 16 heavy (non-hydrogen) atoms. The average molecular weight is 224 g/mol. The SMILES string of the molecule is CCN(CC)CCn1ccc(C(=O)O)c1C. The van der Waals surface area contributed by atoms with Crippen molar-refractivity contribution in [3.05, 3.63) is 23.5 Å². The predicted molar refractivity (Wildman–Crippen MR) is 63.9 cm³/mol. The van der Waals surface area contributed by atoms with Crippen LogP contribution in [0.1, 0.15) is 29.9 Å². The van der Waals surface area contributed by atoms with Crippen molar-refractivity contribution in [2.24, 2.45) is 0 Å². The van der Waals surface area contributed by atoms with Crippen LogP contribution in [0.3, 0.4) is 0 Å². The second-order valence-electron chi connectivity index (χ2n) is 3.84. The van der Waals surface area contributed by atoms with Crippen molar-refractivity contribution >= 4 is 5.97 Å². The van der Waals surface area contributed by atoms with Crippen molar-refractivity contribution in [3.8, 4) is 0 Å². The number of carbonyl (C=O) groups is 1. The molecule has 0 saturated carbocycles. The highest BCUT2D eigenvalue weighted by molar-refractivity contribution is 5.88. The van der Waals surface area contributed by atoms with Crippen molar-refractivity contribution in [3.63, 3.8) is 0 Å². The zero-order valence-corrected chi connectivity index (χ0v) is 10.2. The fraction of sp³-hybridized carbons (Fsp3) is 0.583. The lowest BCUT2D eigenvalue weighted by Gasteiger charge is -2.18. The molecule has 0 unspecified atom stereocenters. The molecule has 0 saturated heterocycles. The van der Waals surface area contributed by atoms with Gasteiger partial charge in [-0.1, -0.05) is 13.8 Å². The van der Waals surface area contributed by atoms with Crippen LogP contribution in [0, 0.1) is 6.92 Å². The van der Waals surface area contributed by atoms with Crippen LogP contribution in [0.5, 0.6) is 0 Å². The number of nitrogens with zero attached hydrogens (tertiary/aromatic N) is 2. The minimum atomic E-state index is -0.848. The summed E-state index contributed by atoms with van der Waals surface area (Å²) in [4.78, 5) is 13.2. The number of aromatic nitrogens is 1. The first kappa shape index (κ1) is 12.8. The molecule has 0 spiro atoms. The smallest absolute Gasteiger partial charge is 0.337 e.